The second-order valence-corrected chi connectivity index (χ2v) is 5.51. The number of aryl methyl sites for hydroxylation is 1. The van der Waals surface area contributed by atoms with Gasteiger partial charge in [0.1, 0.15) is 5.75 Å². The zero-order valence-electron chi connectivity index (χ0n) is 12.3. The molecule has 0 saturated heterocycles. The Morgan fingerprint density at radius 1 is 1.17 bits per heavy atom. The summed E-state index contributed by atoms with van der Waals surface area (Å²) in [5, 5.41) is 4.36. The smallest absolute Gasteiger partial charge is 0.372 e. The number of rotatable bonds is 5. The summed E-state index contributed by atoms with van der Waals surface area (Å²) < 4.78 is 5.23. The Balaban J connectivity index is 1.89. The lowest BCUT2D eigenvalue weighted by atomic mass is 10.1. The Bertz CT molecular complexity index is 731. The summed E-state index contributed by atoms with van der Waals surface area (Å²) >= 11 is 11.7. The molecule has 0 aromatic heterocycles. The predicted octanol–water partition coefficient (Wildman–Crippen LogP) is 3.54. The molecule has 0 saturated carbocycles. The van der Waals surface area contributed by atoms with Crippen molar-refractivity contribution in [2.24, 2.45) is 10.9 Å². The second-order valence-electron chi connectivity index (χ2n) is 4.67. The van der Waals surface area contributed by atoms with Crippen LogP contribution in [0.15, 0.2) is 47.6 Å². The highest BCUT2D eigenvalue weighted by atomic mass is 35.5. The highest BCUT2D eigenvalue weighted by molar-refractivity contribution is 6.35. The SMILES string of the molecule is Cc1ccc(C(N)=NOC(=O)COc2ccc(Cl)cc2Cl)cc1. The summed E-state index contributed by atoms with van der Waals surface area (Å²) in [5.74, 6) is -0.280. The molecule has 120 valence electrons. The van der Waals surface area contributed by atoms with Crippen LogP contribution in [0.25, 0.3) is 0 Å². The minimum absolute atomic E-state index is 0.0999. The van der Waals surface area contributed by atoms with Crippen molar-refractivity contribution >= 4 is 35.0 Å². The third-order valence-corrected chi connectivity index (χ3v) is 3.36. The average Bonchev–Trinajstić information content (AvgIpc) is 2.52. The van der Waals surface area contributed by atoms with Crippen LogP contribution in [0.3, 0.4) is 0 Å². The monoisotopic (exact) mass is 352 g/mol. The van der Waals surface area contributed by atoms with Gasteiger partial charge in [0, 0.05) is 10.6 Å². The molecule has 2 rings (SSSR count). The average molecular weight is 353 g/mol. The number of benzene rings is 2. The van der Waals surface area contributed by atoms with Crippen molar-refractivity contribution in [3.05, 3.63) is 63.6 Å². The van der Waals surface area contributed by atoms with E-state index in [1.54, 1.807) is 24.3 Å². The minimum Gasteiger partial charge on any atom is -0.480 e. The van der Waals surface area contributed by atoms with Gasteiger partial charge >= 0.3 is 5.97 Å². The standard InChI is InChI=1S/C16H14Cl2N2O3/c1-10-2-4-11(5-3-10)16(19)20-23-15(21)9-22-14-7-6-12(17)8-13(14)18/h2-8H,9H2,1H3,(H2,19,20). The fourth-order valence-electron chi connectivity index (χ4n) is 1.63. The molecule has 2 N–H and O–H groups in total. The Labute approximate surface area is 143 Å². The van der Waals surface area contributed by atoms with E-state index in [1.165, 1.54) is 6.07 Å². The van der Waals surface area contributed by atoms with E-state index in [0.29, 0.717) is 21.4 Å². The van der Waals surface area contributed by atoms with Gasteiger partial charge in [0.15, 0.2) is 12.4 Å². The molecule has 5 nitrogen and oxygen atoms in total. The molecule has 0 aliphatic carbocycles. The Morgan fingerprint density at radius 2 is 1.87 bits per heavy atom. The molecular weight excluding hydrogens is 339 g/mol. The van der Waals surface area contributed by atoms with E-state index in [4.69, 9.17) is 38.5 Å². The maximum absolute atomic E-state index is 11.6. The third kappa shape index (κ3) is 5.16. The number of amidine groups is 1. The fraction of sp³-hybridized carbons (Fsp3) is 0.125. The molecule has 0 unspecified atom stereocenters. The van der Waals surface area contributed by atoms with Crippen LogP contribution in [-0.4, -0.2) is 18.4 Å². The summed E-state index contributed by atoms with van der Waals surface area (Å²) in [7, 11) is 0. The summed E-state index contributed by atoms with van der Waals surface area (Å²) in [6.07, 6.45) is 0. The van der Waals surface area contributed by atoms with Gasteiger partial charge in [-0.3, -0.25) is 0 Å². The van der Waals surface area contributed by atoms with Crippen molar-refractivity contribution in [2.45, 2.75) is 6.92 Å². The van der Waals surface area contributed by atoms with E-state index in [0.717, 1.165) is 5.56 Å². The molecule has 0 atom stereocenters. The zero-order chi connectivity index (χ0) is 16.8. The highest BCUT2D eigenvalue weighted by Gasteiger charge is 2.08. The second kappa shape index (κ2) is 7.85. The molecule has 0 aliphatic heterocycles. The Hall–Kier alpha value is -2.24. The molecule has 0 aliphatic rings. The lowest BCUT2D eigenvalue weighted by Crippen LogP contribution is -2.18. The minimum atomic E-state index is -0.703. The van der Waals surface area contributed by atoms with Gasteiger partial charge in [-0.2, -0.15) is 0 Å². The Morgan fingerprint density at radius 3 is 2.52 bits per heavy atom. The topological polar surface area (TPSA) is 73.9 Å². The molecule has 2 aromatic rings. The highest BCUT2D eigenvalue weighted by Crippen LogP contribution is 2.27. The lowest BCUT2D eigenvalue weighted by molar-refractivity contribution is -0.146. The fourth-order valence-corrected chi connectivity index (χ4v) is 2.10. The molecule has 7 heteroatoms. The van der Waals surface area contributed by atoms with Crippen molar-refractivity contribution < 1.29 is 14.4 Å². The molecule has 0 spiro atoms. The van der Waals surface area contributed by atoms with E-state index < -0.39 is 5.97 Å². The van der Waals surface area contributed by atoms with Gasteiger partial charge in [-0.25, -0.2) is 4.79 Å². The van der Waals surface area contributed by atoms with E-state index in [1.807, 2.05) is 19.1 Å². The molecule has 23 heavy (non-hydrogen) atoms. The molecule has 0 bridgehead atoms. The van der Waals surface area contributed by atoms with Crippen LogP contribution >= 0.6 is 23.2 Å². The van der Waals surface area contributed by atoms with Crippen LogP contribution in [0, 0.1) is 6.92 Å². The maximum atomic E-state index is 11.6. The lowest BCUT2D eigenvalue weighted by Gasteiger charge is -2.06. The Kier molecular flexibility index (Phi) is 5.84. The largest absolute Gasteiger partial charge is 0.480 e. The van der Waals surface area contributed by atoms with Crippen molar-refractivity contribution in [3.63, 3.8) is 0 Å². The molecule has 0 fully saturated rings. The first-order chi connectivity index (χ1) is 11.0. The molecule has 0 radical (unpaired) electrons. The van der Waals surface area contributed by atoms with Crippen molar-refractivity contribution in [1.82, 2.24) is 0 Å². The summed E-state index contributed by atoms with van der Waals surface area (Å²) in [4.78, 5) is 16.3. The van der Waals surface area contributed by atoms with Crippen LogP contribution in [0.2, 0.25) is 10.0 Å². The van der Waals surface area contributed by atoms with E-state index in [2.05, 4.69) is 5.16 Å². The molecular formula is C16H14Cl2N2O3. The van der Waals surface area contributed by atoms with Crippen LogP contribution in [0.4, 0.5) is 0 Å². The first-order valence-electron chi connectivity index (χ1n) is 6.64. The van der Waals surface area contributed by atoms with Gasteiger partial charge < -0.3 is 15.3 Å². The number of carbonyl (C=O) groups excluding carboxylic acids is 1. The molecule has 0 amide bonds. The van der Waals surface area contributed by atoms with Gasteiger partial charge in [-0.1, -0.05) is 58.2 Å². The third-order valence-electron chi connectivity index (χ3n) is 2.83. The van der Waals surface area contributed by atoms with Gasteiger partial charge in [0.2, 0.25) is 0 Å². The van der Waals surface area contributed by atoms with Gasteiger partial charge in [0.05, 0.1) is 5.02 Å². The number of carbonyl (C=O) groups is 1. The van der Waals surface area contributed by atoms with Crippen LogP contribution in [0.1, 0.15) is 11.1 Å². The van der Waals surface area contributed by atoms with Gasteiger partial charge in [-0.05, 0) is 25.1 Å². The number of ether oxygens (including phenoxy) is 1. The first kappa shape index (κ1) is 17.1. The first-order valence-corrected chi connectivity index (χ1v) is 7.39. The van der Waals surface area contributed by atoms with E-state index in [9.17, 15) is 4.79 Å². The number of oxime groups is 1. The quantitative estimate of drug-likeness (QED) is 0.386. The summed E-state index contributed by atoms with van der Waals surface area (Å²) in [5.41, 5.74) is 7.48. The summed E-state index contributed by atoms with van der Waals surface area (Å²) in [6.45, 7) is 1.60. The number of nitrogens with zero attached hydrogens (tertiary/aromatic N) is 1. The van der Waals surface area contributed by atoms with Crippen LogP contribution < -0.4 is 10.5 Å². The number of halogens is 2. The predicted molar refractivity (Wildman–Crippen MR) is 90.0 cm³/mol. The normalized spacial score (nSPS) is 11.2. The zero-order valence-corrected chi connectivity index (χ0v) is 13.8. The van der Waals surface area contributed by atoms with Crippen LogP contribution in [-0.2, 0) is 9.63 Å². The van der Waals surface area contributed by atoms with Crippen molar-refractivity contribution in [3.8, 4) is 5.75 Å². The number of nitrogens with two attached hydrogens (primary N) is 1. The maximum Gasteiger partial charge on any atom is 0.372 e. The van der Waals surface area contributed by atoms with Gasteiger partial charge in [0.25, 0.3) is 0 Å². The molecule has 2 aromatic carbocycles. The van der Waals surface area contributed by atoms with E-state index >= 15 is 0 Å². The van der Waals surface area contributed by atoms with Crippen molar-refractivity contribution in [1.29, 1.82) is 0 Å². The number of hydrogen-bond acceptors (Lipinski definition) is 4. The number of hydrogen-bond donors (Lipinski definition) is 1. The van der Waals surface area contributed by atoms with Gasteiger partial charge in [-0.15, -0.1) is 0 Å². The molecule has 0 heterocycles. The van der Waals surface area contributed by atoms with Crippen molar-refractivity contribution in [2.75, 3.05) is 6.61 Å². The van der Waals surface area contributed by atoms with Crippen LogP contribution in [0.5, 0.6) is 5.75 Å². The van der Waals surface area contributed by atoms with E-state index in [-0.39, 0.29) is 12.4 Å². The summed E-state index contributed by atoms with van der Waals surface area (Å²) in [6, 6.07) is 12.0.